The van der Waals surface area contributed by atoms with Crippen LogP contribution in [0, 0.1) is 11.2 Å². The van der Waals surface area contributed by atoms with Gasteiger partial charge in [0, 0.05) is 29.3 Å². The number of benzene rings is 2. The number of aromatic nitrogens is 1. The second-order valence-corrected chi connectivity index (χ2v) is 10.9. The Kier molecular flexibility index (Phi) is 6.19. The van der Waals surface area contributed by atoms with E-state index in [0.717, 1.165) is 11.0 Å². The molecule has 3 aromatic rings. The molecule has 1 fully saturated rings. The Bertz CT molecular complexity index is 1550. The van der Waals surface area contributed by atoms with Crippen LogP contribution in [0.3, 0.4) is 0 Å². The van der Waals surface area contributed by atoms with Crippen LogP contribution in [0.4, 0.5) is 4.39 Å². The molecule has 0 bridgehead atoms. The number of carbonyl (C=O) groups excluding carboxylic acids is 1. The Balaban J connectivity index is 1.80. The Morgan fingerprint density at radius 1 is 1.18 bits per heavy atom. The van der Waals surface area contributed by atoms with Crippen LogP contribution in [0.1, 0.15) is 58.0 Å². The van der Waals surface area contributed by atoms with Gasteiger partial charge in [-0.15, -0.1) is 0 Å². The van der Waals surface area contributed by atoms with Crippen molar-refractivity contribution in [3.63, 3.8) is 0 Å². The van der Waals surface area contributed by atoms with Gasteiger partial charge in [0.25, 0.3) is 5.91 Å². The number of nitrogens with zero attached hydrogens (tertiary/aromatic N) is 2. The van der Waals surface area contributed by atoms with E-state index in [1.807, 2.05) is 0 Å². The summed E-state index contributed by atoms with van der Waals surface area (Å²) in [6.07, 6.45) is 1.22. The van der Waals surface area contributed by atoms with Gasteiger partial charge in [-0.05, 0) is 61.7 Å². The van der Waals surface area contributed by atoms with Crippen LogP contribution in [0.25, 0.3) is 0 Å². The predicted molar refractivity (Wildman–Crippen MR) is 144 cm³/mol. The number of methoxy groups -OCH3 is 1. The SMILES string of the molecule is [2H]C([2H])(O)C1(C([2H])([2H])O[C@]2(c3ccc(Cl)cc3)c3c(F)cc(C(C)(O)COC)cc3C(=O)N2Cc2ccc(Cl)cn2)CC1. The van der Waals surface area contributed by atoms with Crippen molar-refractivity contribution in [2.75, 3.05) is 26.8 Å². The lowest BCUT2D eigenvalue weighted by molar-refractivity contribution is -0.130. The molecular formula is C29H29Cl2FN2O5. The van der Waals surface area contributed by atoms with Crippen molar-refractivity contribution >= 4 is 29.1 Å². The van der Waals surface area contributed by atoms with Crippen LogP contribution in [0.2, 0.25) is 10.0 Å². The first kappa shape index (κ1) is 23.1. The summed E-state index contributed by atoms with van der Waals surface area (Å²) in [4.78, 5) is 19.7. The van der Waals surface area contributed by atoms with Gasteiger partial charge in [-0.25, -0.2) is 4.39 Å². The summed E-state index contributed by atoms with van der Waals surface area (Å²) in [6, 6.07) is 11.2. The number of aliphatic hydroxyl groups is 2. The van der Waals surface area contributed by atoms with E-state index in [0.29, 0.717) is 15.7 Å². The molecule has 2 aromatic carbocycles. The highest BCUT2D eigenvalue weighted by molar-refractivity contribution is 6.30. The predicted octanol–water partition coefficient (Wildman–Crippen LogP) is 5.03. The maximum absolute atomic E-state index is 16.5. The second-order valence-electron chi connectivity index (χ2n) is 10.00. The third kappa shape index (κ3) is 5.06. The topological polar surface area (TPSA) is 92.1 Å². The molecule has 5 rings (SSSR count). The molecular weight excluding hydrogens is 546 g/mol. The van der Waals surface area contributed by atoms with Crippen LogP contribution in [0.15, 0.2) is 54.7 Å². The van der Waals surface area contributed by atoms with Gasteiger partial charge in [0.2, 0.25) is 0 Å². The van der Waals surface area contributed by atoms with Gasteiger partial charge < -0.3 is 19.7 Å². The maximum Gasteiger partial charge on any atom is 0.257 e. The molecule has 0 saturated heterocycles. The summed E-state index contributed by atoms with van der Waals surface area (Å²) >= 11 is 12.2. The quantitative estimate of drug-likeness (QED) is 0.350. The molecule has 1 unspecified atom stereocenters. The van der Waals surface area contributed by atoms with Crippen molar-refractivity contribution in [2.45, 2.75) is 37.6 Å². The number of fused-ring (bicyclic) bond motifs is 1. The summed E-state index contributed by atoms with van der Waals surface area (Å²) < 4.78 is 61.8. The summed E-state index contributed by atoms with van der Waals surface area (Å²) in [6.45, 7) is -5.08. The highest BCUT2D eigenvalue weighted by Crippen LogP contribution is 2.52. The highest BCUT2D eigenvalue weighted by atomic mass is 35.5. The van der Waals surface area contributed by atoms with E-state index in [1.54, 1.807) is 12.1 Å². The lowest BCUT2D eigenvalue weighted by atomic mass is 9.88. The third-order valence-electron chi connectivity index (χ3n) is 7.03. The minimum absolute atomic E-state index is 0.0313. The second kappa shape index (κ2) is 10.4. The Morgan fingerprint density at radius 2 is 1.87 bits per heavy atom. The van der Waals surface area contributed by atoms with Gasteiger partial charge in [0.1, 0.15) is 11.4 Å². The molecule has 1 aliphatic carbocycles. The van der Waals surface area contributed by atoms with Crippen molar-refractivity contribution in [1.29, 1.82) is 0 Å². The van der Waals surface area contributed by atoms with Gasteiger partial charge in [-0.3, -0.25) is 14.7 Å². The molecule has 7 nitrogen and oxygen atoms in total. The first-order valence-electron chi connectivity index (χ1n) is 14.2. The molecule has 0 radical (unpaired) electrons. The van der Waals surface area contributed by atoms with Gasteiger partial charge in [-0.1, -0.05) is 35.3 Å². The molecule has 2 N–H and O–H groups in total. The molecule has 1 amide bonds. The zero-order valence-electron chi connectivity index (χ0n) is 25.2. The molecule has 206 valence electrons. The maximum atomic E-state index is 16.5. The fraction of sp³-hybridized carbons (Fsp3) is 0.379. The van der Waals surface area contributed by atoms with Gasteiger partial charge in [0.05, 0.1) is 53.6 Å². The van der Waals surface area contributed by atoms with E-state index in [4.69, 9.17) is 38.2 Å². The first-order valence-corrected chi connectivity index (χ1v) is 12.9. The fourth-order valence-corrected chi connectivity index (χ4v) is 4.98. The summed E-state index contributed by atoms with van der Waals surface area (Å²) in [5.41, 5.74) is -6.17. The van der Waals surface area contributed by atoms with Crippen molar-refractivity contribution in [1.82, 2.24) is 9.88 Å². The summed E-state index contributed by atoms with van der Waals surface area (Å²) in [5, 5.41) is 22.0. The highest BCUT2D eigenvalue weighted by Gasteiger charge is 2.56. The number of halogens is 3. The van der Waals surface area contributed by atoms with Crippen LogP contribution in [-0.2, 0) is 27.3 Å². The number of hydrogen-bond donors (Lipinski definition) is 2. The fourth-order valence-electron chi connectivity index (χ4n) is 4.74. The molecule has 1 aromatic heterocycles. The number of pyridine rings is 1. The van der Waals surface area contributed by atoms with Crippen LogP contribution in [-0.4, -0.2) is 52.8 Å². The van der Waals surface area contributed by atoms with E-state index in [1.165, 1.54) is 50.6 Å². The molecule has 10 heteroatoms. The van der Waals surface area contributed by atoms with E-state index in [9.17, 15) is 15.0 Å². The first-order chi connectivity index (χ1) is 20.0. The summed E-state index contributed by atoms with van der Waals surface area (Å²) in [7, 11) is 1.36. The van der Waals surface area contributed by atoms with Crippen LogP contribution >= 0.6 is 23.2 Å². The standard InChI is InChI=1S/C29H29Cl2FN2O5/c1-27(37,16-38-2)19-11-23-25(24(32)12-19)29(18-3-5-20(30)6-4-18,39-17-28(15-35)9-10-28)34(26(23)36)14-22-8-7-21(31)13-33-22/h3-8,11-13,35,37H,9-10,14-17H2,1-2H3/t27?,29-/m1/s1/i15D2,17D2. The molecule has 2 atom stereocenters. The van der Waals surface area contributed by atoms with Crippen molar-refractivity contribution < 1.29 is 34.4 Å². The van der Waals surface area contributed by atoms with Crippen molar-refractivity contribution in [3.8, 4) is 0 Å². The molecule has 1 aliphatic heterocycles. The van der Waals surface area contributed by atoms with Crippen molar-refractivity contribution in [2.24, 2.45) is 5.41 Å². The lowest BCUT2D eigenvalue weighted by Crippen LogP contribution is -2.48. The average Bonchev–Trinajstić information content (AvgIpc) is 3.72. The number of ether oxygens (including phenoxy) is 2. The zero-order chi connectivity index (χ0) is 31.6. The van der Waals surface area contributed by atoms with Gasteiger partial charge in [-0.2, -0.15) is 0 Å². The Hall–Kier alpha value is -2.59. The normalized spacial score (nSPS) is 23.4. The Labute approximate surface area is 241 Å². The van der Waals surface area contributed by atoms with Crippen molar-refractivity contribution in [3.05, 3.63) is 98.5 Å². The Morgan fingerprint density at radius 3 is 2.46 bits per heavy atom. The van der Waals surface area contributed by atoms with Gasteiger partial charge >= 0.3 is 0 Å². The van der Waals surface area contributed by atoms with E-state index in [2.05, 4.69) is 4.98 Å². The number of hydrogen-bond acceptors (Lipinski definition) is 6. The summed E-state index contributed by atoms with van der Waals surface area (Å²) in [5.74, 6) is -1.77. The zero-order valence-corrected chi connectivity index (χ0v) is 22.7. The molecule has 1 saturated carbocycles. The third-order valence-corrected chi connectivity index (χ3v) is 7.51. The van der Waals surface area contributed by atoms with E-state index >= 15 is 4.39 Å². The largest absolute Gasteiger partial charge is 0.396 e. The average molecular weight is 579 g/mol. The van der Waals surface area contributed by atoms with E-state index in [-0.39, 0.29) is 48.2 Å². The molecule has 2 heterocycles. The van der Waals surface area contributed by atoms with Gasteiger partial charge in [0.15, 0.2) is 5.72 Å². The smallest absolute Gasteiger partial charge is 0.257 e. The number of amides is 1. The number of carbonyl (C=O) groups is 1. The molecule has 2 aliphatic rings. The number of rotatable bonds is 10. The monoisotopic (exact) mass is 578 g/mol. The minimum atomic E-state index is -3.01. The van der Waals surface area contributed by atoms with Crippen LogP contribution in [0.5, 0.6) is 0 Å². The molecule has 0 spiro atoms. The lowest BCUT2D eigenvalue weighted by Gasteiger charge is -2.40. The van der Waals surface area contributed by atoms with Crippen LogP contribution < -0.4 is 0 Å². The minimum Gasteiger partial charge on any atom is -0.396 e. The molecule has 39 heavy (non-hydrogen) atoms. The van der Waals surface area contributed by atoms with E-state index < -0.39 is 41.6 Å².